The van der Waals surface area contributed by atoms with Crippen LogP contribution in [0.5, 0.6) is 0 Å². The highest BCUT2D eigenvalue weighted by molar-refractivity contribution is 5.81. The van der Waals surface area contributed by atoms with Crippen molar-refractivity contribution in [2.24, 2.45) is 0 Å². The zero-order valence-corrected chi connectivity index (χ0v) is 14.3. The largest absolute Gasteiger partial charge is 0.346 e. The Hall–Kier alpha value is -3.80. The van der Waals surface area contributed by atoms with E-state index in [0.717, 1.165) is 38.8 Å². The van der Waals surface area contributed by atoms with Crippen LogP contribution in [0.25, 0.3) is 33.2 Å². The summed E-state index contributed by atoms with van der Waals surface area (Å²) in [6, 6.07) is 14.1. The van der Waals surface area contributed by atoms with E-state index in [1.165, 1.54) is 6.20 Å². The molecule has 27 heavy (non-hydrogen) atoms. The molecule has 5 aromatic rings. The van der Waals surface area contributed by atoms with Crippen molar-refractivity contribution in [1.82, 2.24) is 24.5 Å². The highest BCUT2D eigenvalue weighted by Crippen LogP contribution is 2.23. The van der Waals surface area contributed by atoms with Gasteiger partial charge in [-0.15, -0.1) is 0 Å². The Morgan fingerprint density at radius 3 is 2.89 bits per heavy atom. The van der Waals surface area contributed by atoms with E-state index in [1.807, 2.05) is 36.7 Å². The molecule has 0 aliphatic heterocycles. The summed E-state index contributed by atoms with van der Waals surface area (Å²) in [5, 5.41) is 1.07. The quantitative estimate of drug-likeness (QED) is 0.539. The van der Waals surface area contributed by atoms with E-state index in [-0.39, 0.29) is 5.56 Å². The summed E-state index contributed by atoms with van der Waals surface area (Å²) in [5.74, 6) is 0. The number of rotatable bonds is 3. The molecule has 0 aliphatic rings. The Labute approximate surface area is 154 Å². The van der Waals surface area contributed by atoms with Gasteiger partial charge in [0.15, 0.2) is 0 Å². The Morgan fingerprint density at radius 1 is 0.963 bits per heavy atom. The Bertz CT molecular complexity index is 1340. The zero-order valence-electron chi connectivity index (χ0n) is 14.3. The number of hydrogen-bond acceptors (Lipinski definition) is 4. The van der Waals surface area contributed by atoms with Crippen LogP contribution in [0.1, 0.15) is 5.56 Å². The molecule has 0 unspecified atom stereocenters. The molecular formula is C21H15N5O. The van der Waals surface area contributed by atoms with Gasteiger partial charge in [-0.3, -0.25) is 14.3 Å². The van der Waals surface area contributed by atoms with Crippen molar-refractivity contribution in [3.8, 4) is 11.1 Å². The normalized spacial score (nSPS) is 11.3. The average molecular weight is 353 g/mol. The van der Waals surface area contributed by atoms with Crippen LogP contribution in [0.4, 0.5) is 0 Å². The van der Waals surface area contributed by atoms with Crippen LogP contribution in [0, 0.1) is 0 Å². The maximum Gasteiger partial charge on any atom is 0.269 e. The molecule has 1 aromatic carbocycles. The summed E-state index contributed by atoms with van der Waals surface area (Å²) in [5.41, 5.74) is 5.34. The van der Waals surface area contributed by atoms with E-state index in [0.29, 0.717) is 6.54 Å². The average Bonchev–Trinajstić information content (AvgIpc) is 3.18. The van der Waals surface area contributed by atoms with E-state index in [1.54, 1.807) is 23.0 Å². The molecule has 4 heterocycles. The smallest absolute Gasteiger partial charge is 0.269 e. The van der Waals surface area contributed by atoms with Crippen LogP contribution in [0.3, 0.4) is 0 Å². The molecule has 0 fully saturated rings. The predicted molar refractivity (Wildman–Crippen MR) is 104 cm³/mol. The molecule has 0 atom stereocenters. The highest BCUT2D eigenvalue weighted by Gasteiger charge is 2.07. The Morgan fingerprint density at radius 2 is 1.93 bits per heavy atom. The van der Waals surface area contributed by atoms with Crippen LogP contribution >= 0.6 is 0 Å². The van der Waals surface area contributed by atoms with Gasteiger partial charge >= 0.3 is 0 Å². The molecule has 0 amide bonds. The van der Waals surface area contributed by atoms with E-state index in [2.05, 4.69) is 32.1 Å². The minimum atomic E-state index is -0.142. The van der Waals surface area contributed by atoms with Crippen LogP contribution < -0.4 is 5.56 Å². The molecule has 0 saturated carbocycles. The zero-order chi connectivity index (χ0) is 18.2. The maximum absolute atomic E-state index is 12.4. The number of aromatic amines is 1. The summed E-state index contributed by atoms with van der Waals surface area (Å²) in [4.78, 5) is 28.3. The molecule has 1 N–H and O–H groups in total. The minimum Gasteiger partial charge on any atom is -0.346 e. The van der Waals surface area contributed by atoms with E-state index < -0.39 is 0 Å². The first kappa shape index (κ1) is 15.5. The topological polar surface area (TPSA) is 76.5 Å². The number of nitrogens with one attached hydrogen (secondary N) is 1. The fourth-order valence-corrected chi connectivity index (χ4v) is 3.30. The monoisotopic (exact) mass is 353 g/mol. The van der Waals surface area contributed by atoms with Gasteiger partial charge in [-0.05, 0) is 35.4 Å². The summed E-state index contributed by atoms with van der Waals surface area (Å²) in [6.45, 7) is 0.456. The number of H-pyrrole nitrogens is 1. The standard InChI is InChI=1S/C21H15N5O/c27-20-12-24-18-5-6-22-11-19(18)26(20)13-14-2-1-3-15(8-14)17-9-16-4-7-23-21(16)25-10-17/h1-12H,13H2,(H,23,25). The summed E-state index contributed by atoms with van der Waals surface area (Å²) in [6.07, 6.45) is 8.45. The summed E-state index contributed by atoms with van der Waals surface area (Å²) in [7, 11) is 0. The second-order valence-corrected chi connectivity index (χ2v) is 6.39. The Balaban J connectivity index is 1.57. The number of hydrogen-bond donors (Lipinski definition) is 1. The molecule has 4 aromatic heterocycles. The lowest BCUT2D eigenvalue weighted by molar-refractivity contribution is 0.785. The first-order valence-corrected chi connectivity index (χ1v) is 8.60. The number of fused-ring (bicyclic) bond motifs is 2. The molecule has 0 saturated heterocycles. The van der Waals surface area contributed by atoms with E-state index in [9.17, 15) is 4.79 Å². The van der Waals surface area contributed by atoms with Crippen molar-refractivity contribution in [2.45, 2.75) is 6.54 Å². The van der Waals surface area contributed by atoms with E-state index in [4.69, 9.17) is 0 Å². The van der Waals surface area contributed by atoms with Crippen molar-refractivity contribution < 1.29 is 0 Å². The van der Waals surface area contributed by atoms with Crippen molar-refractivity contribution in [3.63, 3.8) is 0 Å². The summed E-state index contributed by atoms with van der Waals surface area (Å²) >= 11 is 0. The van der Waals surface area contributed by atoms with Crippen LogP contribution in [-0.4, -0.2) is 24.5 Å². The predicted octanol–water partition coefficient (Wildman–Crippen LogP) is 3.38. The molecule has 0 aliphatic carbocycles. The van der Waals surface area contributed by atoms with Crippen LogP contribution in [-0.2, 0) is 6.54 Å². The van der Waals surface area contributed by atoms with Crippen LogP contribution in [0.15, 0.2) is 78.2 Å². The molecule has 6 heteroatoms. The molecule has 0 bridgehead atoms. The number of pyridine rings is 2. The third-order valence-electron chi connectivity index (χ3n) is 4.65. The van der Waals surface area contributed by atoms with Gasteiger partial charge in [-0.25, -0.2) is 9.97 Å². The van der Waals surface area contributed by atoms with Gasteiger partial charge in [0.2, 0.25) is 0 Å². The van der Waals surface area contributed by atoms with Gasteiger partial charge in [-0.2, -0.15) is 0 Å². The van der Waals surface area contributed by atoms with Gasteiger partial charge in [0.25, 0.3) is 5.56 Å². The number of aromatic nitrogens is 5. The first-order valence-electron chi connectivity index (χ1n) is 8.60. The lowest BCUT2D eigenvalue weighted by atomic mass is 10.0. The fourth-order valence-electron chi connectivity index (χ4n) is 3.30. The molecule has 0 spiro atoms. The van der Waals surface area contributed by atoms with Crippen molar-refractivity contribution in [3.05, 3.63) is 89.4 Å². The van der Waals surface area contributed by atoms with Gasteiger partial charge in [-0.1, -0.05) is 18.2 Å². The number of benzene rings is 1. The minimum absolute atomic E-state index is 0.142. The fraction of sp³-hybridized carbons (Fsp3) is 0.0476. The van der Waals surface area contributed by atoms with Gasteiger partial charge < -0.3 is 4.98 Å². The second kappa shape index (κ2) is 6.17. The first-order chi connectivity index (χ1) is 13.3. The molecule has 6 nitrogen and oxygen atoms in total. The van der Waals surface area contributed by atoms with Crippen molar-refractivity contribution in [2.75, 3.05) is 0 Å². The SMILES string of the molecule is O=c1cnc2ccncc2n1Cc1cccc(-c2cnc3[nH]ccc3c2)c1. The number of nitrogens with zero attached hydrogens (tertiary/aromatic N) is 4. The highest BCUT2D eigenvalue weighted by atomic mass is 16.1. The van der Waals surface area contributed by atoms with Crippen molar-refractivity contribution >= 4 is 22.1 Å². The van der Waals surface area contributed by atoms with E-state index >= 15 is 0 Å². The molecule has 5 rings (SSSR count). The second-order valence-electron chi connectivity index (χ2n) is 6.39. The Kier molecular flexibility index (Phi) is 3.53. The summed E-state index contributed by atoms with van der Waals surface area (Å²) < 4.78 is 1.70. The molecular weight excluding hydrogens is 338 g/mol. The van der Waals surface area contributed by atoms with Gasteiger partial charge in [0.05, 0.1) is 30.0 Å². The third kappa shape index (κ3) is 2.77. The maximum atomic E-state index is 12.4. The molecule has 0 radical (unpaired) electrons. The van der Waals surface area contributed by atoms with Crippen molar-refractivity contribution in [1.29, 1.82) is 0 Å². The molecule has 130 valence electrons. The van der Waals surface area contributed by atoms with Gasteiger partial charge in [0, 0.05) is 29.5 Å². The van der Waals surface area contributed by atoms with Gasteiger partial charge in [0.1, 0.15) is 5.65 Å². The van der Waals surface area contributed by atoms with Crippen LogP contribution in [0.2, 0.25) is 0 Å². The third-order valence-corrected chi connectivity index (χ3v) is 4.65. The lowest BCUT2D eigenvalue weighted by Gasteiger charge is -2.10. The lowest BCUT2D eigenvalue weighted by Crippen LogP contribution is -2.21.